The zero-order valence-corrected chi connectivity index (χ0v) is 13.9. The van der Waals surface area contributed by atoms with Crippen LogP contribution in [0.1, 0.15) is 50.5 Å². The lowest BCUT2D eigenvalue weighted by molar-refractivity contribution is 0.334. The lowest BCUT2D eigenvalue weighted by Crippen LogP contribution is -2.20. The molecule has 0 aromatic heterocycles. The van der Waals surface area contributed by atoms with Crippen molar-refractivity contribution in [3.63, 3.8) is 0 Å². The quantitative estimate of drug-likeness (QED) is 0.735. The van der Waals surface area contributed by atoms with Gasteiger partial charge >= 0.3 is 0 Å². The minimum Gasteiger partial charge on any atom is -0.374 e. The molecule has 1 fully saturated rings. The third kappa shape index (κ3) is 5.69. The van der Waals surface area contributed by atoms with Gasteiger partial charge in [-0.1, -0.05) is 44.2 Å². The van der Waals surface area contributed by atoms with Crippen molar-refractivity contribution < 1.29 is 0 Å². The van der Waals surface area contributed by atoms with Gasteiger partial charge in [0.25, 0.3) is 0 Å². The topological polar surface area (TPSA) is 39.1 Å². The number of hydrogen-bond acceptors (Lipinski definition) is 3. The second-order valence-electron chi connectivity index (χ2n) is 6.47. The van der Waals surface area contributed by atoms with Crippen molar-refractivity contribution in [1.82, 2.24) is 5.32 Å². The summed E-state index contributed by atoms with van der Waals surface area (Å²) in [7, 11) is 2.04. The third-order valence-corrected chi connectivity index (χ3v) is 4.72. The van der Waals surface area contributed by atoms with Crippen LogP contribution in [0.25, 0.3) is 0 Å². The molecule has 0 radical (unpaired) electrons. The molecule has 0 saturated heterocycles. The number of nitriles is 1. The van der Waals surface area contributed by atoms with Crippen LogP contribution in [0.4, 0.5) is 5.69 Å². The van der Waals surface area contributed by atoms with Crippen LogP contribution in [0.5, 0.6) is 0 Å². The molecule has 1 aromatic carbocycles. The summed E-state index contributed by atoms with van der Waals surface area (Å²) in [5.74, 6) is 0.956. The number of nitrogens with zero attached hydrogens (tertiary/aromatic N) is 2. The molecule has 3 nitrogen and oxygen atoms in total. The summed E-state index contributed by atoms with van der Waals surface area (Å²) in [6, 6.07) is 10.9. The van der Waals surface area contributed by atoms with Crippen LogP contribution in [0.2, 0.25) is 0 Å². The highest BCUT2D eigenvalue weighted by molar-refractivity contribution is 5.46. The van der Waals surface area contributed by atoms with Gasteiger partial charge in [0, 0.05) is 25.8 Å². The number of nitrogens with one attached hydrogen (secondary N) is 1. The van der Waals surface area contributed by atoms with Crippen molar-refractivity contribution in [2.24, 2.45) is 5.92 Å². The number of benzene rings is 1. The molecular weight excluding hydrogens is 270 g/mol. The Hall–Kier alpha value is -1.53. The molecule has 2 rings (SSSR count). The average molecular weight is 299 g/mol. The molecule has 0 aliphatic heterocycles. The molecule has 0 amide bonds. The van der Waals surface area contributed by atoms with Crippen molar-refractivity contribution in [2.45, 2.75) is 51.5 Å². The Morgan fingerprint density at radius 3 is 2.59 bits per heavy atom. The lowest BCUT2D eigenvalue weighted by atomic mass is 9.87. The Labute approximate surface area is 135 Å². The van der Waals surface area contributed by atoms with Gasteiger partial charge in [-0.3, -0.25) is 0 Å². The number of anilines is 1. The molecule has 0 heterocycles. The fourth-order valence-electron chi connectivity index (χ4n) is 3.23. The van der Waals surface area contributed by atoms with Gasteiger partial charge in [-0.15, -0.1) is 0 Å². The molecule has 1 saturated carbocycles. The summed E-state index contributed by atoms with van der Waals surface area (Å²) in [5, 5.41) is 12.2. The Morgan fingerprint density at radius 2 is 1.91 bits per heavy atom. The van der Waals surface area contributed by atoms with Crippen LogP contribution < -0.4 is 10.2 Å². The predicted molar refractivity (Wildman–Crippen MR) is 92.8 cm³/mol. The van der Waals surface area contributed by atoms with Gasteiger partial charge in [-0.25, -0.2) is 0 Å². The highest BCUT2D eigenvalue weighted by atomic mass is 15.1. The molecule has 0 spiro atoms. The largest absolute Gasteiger partial charge is 0.374 e. The van der Waals surface area contributed by atoms with Gasteiger partial charge in [0.2, 0.25) is 0 Å². The van der Waals surface area contributed by atoms with Crippen LogP contribution >= 0.6 is 0 Å². The maximum atomic E-state index is 8.64. The van der Waals surface area contributed by atoms with Gasteiger partial charge < -0.3 is 10.2 Å². The number of hydrogen-bond donors (Lipinski definition) is 1. The van der Waals surface area contributed by atoms with E-state index in [4.69, 9.17) is 5.26 Å². The summed E-state index contributed by atoms with van der Waals surface area (Å²) < 4.78 is 0. The van der Waals surface area contributed by atoms with E-state index in [0.29, 0.717) is 6.42 Å². The highest BCUT2D eigenvalue weighted by Crippen LogP contribution is 2.25. The fraction of sp³-hybridized carbons (Fsp3) is 0.632. The molecule has 1 aliphatic rings. The van der Waals surface area contributed by atoms with Crippen molar-refractivity contribution in [1.29, 1.82) is 5.26 Å². The van der Waals surface area contributed by atoms with Crippen LogP contribution in [-0.4, -0.2) is 20.1 Å². The van der Waals surface area contributed by atoms with Crippen LogP contribution in [0.15, 0.2) is 24.3 Å². The van der Waals surface area contributed by atoms with E-state index < -0.39 is 0 Å². The van der Waals surface area contributed by atoms with Crippen LogP contribution in [0.3, 0.4) is 0 Å². The van der Waals surface area contributed by atoms with Crippen LogP contribution in [0, 0.1) is 17.2 Å². The van der Waals surface area contributed by atoms with E-state index >= 15 is 0 Å². The molecule has 22 heavy (non-hydrogen) atoms. The van der Waals surface area contributed by atoms with E-state index in [9.17, 15) is 0 Å². The third-order valence-electron chi connectivity index (χ3n) is 4.72. The monoisotopic (exact) mass is 299 g/mol. The number of rotatable bonds is 8. The molecule has 120 valence electrons. The Balaban J connectivity index is 1.66. The first-order valence-corrected chi connectivity index (χ1v) is 8.67. The minimum atomic E-state index is 0.570. The second-order valence-corrected chi connectivity index (χ2v) is 6.47. The van der Waals surface area contributed by atoms with Crippen molar-refractivity contribution in [3.05, 3.63) is 29.8 Å². The molecule has 0 atom stereocenters. The van der Waals surface area contributed by atoms with Crippen molar-refractivity contribution >= 4 is 5.69 Å². The predicted octanol–water partition coefficient (Wildman–Crippen LogP) is 4.10. The van der Waals surface area contributed by atoms with Gasteiger partial charge in [0.15, 0.2) is 0 Å². The van der Waals surface area contributed by atoms with Gasteiger partial charge in [-0.2, -0.15) is 5.26 Å². The highest BCUT2D eigenvalue weighted by Gasteiger charge is 2.12. The van der Waals surface area contributed by atoms with Crippen molar-refractivity contribution in [3.8, 4) is 6.07 Å². The summed E-state index contributed by atoms with van der Waals surface area (Å²) in [6.45, 7) is 2.87. The van der Waals surface area contributed by atoms with E-state index in [1.165, 1.54) is 49.8 Å². The Morgan fingerprint density at radius 1 is 1.18 bits per heavy atom. The summed E-state index contributed by atoms with van der Waals surface area (Å²) >= 11 is 0. The lowest BCUT2D eigenvalue weighted by Gasteiger charge is -2.21. The van der Waals surface area contributed by atoms with E-state index in [1.54, 1.807) is 0 Å². The summed E-state index contributed by atoms with van der Waals surface area (Å²) in [5.41, 5.74) is 2.52. The minimum absolute atomic E-state index is 0.570. The maximum Gasteiger partial charge on any atom is 0.0640 e. The van der Waals surface area contributed by atoms with Gasteiger partial charge in [0.05, 0.1) is 12.5 Å². The zero-order chi connectivity index (χ0) is 15.6. The van der Waals surface area contributed by atoms with Gasteiger partial charge in [-0.05, 0) is 36.6 Å². The smallest absolute Gasteiger partial charge is 0.0640 e. The normalized spacial score (nSPS) is 15.5. The maximum absolute atomic E-state index is 8.64. The average Bonchev–Trinajstić information content (AvgIpc) is 2.58. The molecule has 0 unspecified atom stereocenters. The Kier molecular flexibility index (Phi) is 7.25. The van der Waals surface area contributed by atoms with E-state index in [1.807, 2.05) is 7.05 Å². The molecular formula is C19H29N3. The summed E-state index contributed by atoms with van der Waals surface area (Å²) in [4.78, 5) is 2.13. The first-order valence-electron chi connectivity index (χ1n) is 8.67. The van der Waals surface area contributed by atoms with E-state index in [2.05, 4.69) is 40.6 Å². The molecule has 1 aromatic rings. The van der Waals surface area contributed by atoms with E-state index in [0.717, 1.165) is 25.6 Å². The molecule has 3 heteroatoms. The van der Waals surface area contributed by atoms with Crippen LogP contribution in [-0.2, 0) is 6.54 Å². The first kappa shape index (κ1) is 16.8. The summed E-state index contributed by atoms with van der Waals surface area (Å²) in [6.07, 6.45) is 9.09. The zero-order valence-electron chi connectivity index (χ0n) is 13.9. The van der Waals surface area contributed by atoms with E-state index in [-0.39, 0.29) is 0 Å². The molecule has 1 aliphatic carbocycles. The van der Waals surface area contributed by atoms with Crippen molar-refractivity contribution in [2.75, 3.05) is 25.0 Å². The molecule has 1 N–H and O–H groups in total. The second kappa shape index (κ2) is 9.48. The first-order chi connectivity index (χ1) is 10.8. The van der Waals surface area contributed by atoms with Gasteiger partial charge in [0.1, 0.15) is 0 Å². The SMILES string of the molecule is CN(CCC#N)c1ccc(CNCCC2CCCCC2)cc1. The Bertz CT molecular complexity index is 455. The standard InChI is InChI=1S/C19H29N3/c1-22(15-5-13-20)19-10-8-18(9-11-19)16-21-14-12-17-6-3-2-4-7-17/h8-11,17,21H,2-7,12,14-16H2,1H3. The fourth-order valence-corrected chi connectivity index (χ4v) is 3.23. The molecule has 0 bridgehead atoms.